The summed E-state index contributed by atoms with van der Waals surface area (Å²) in [6.45, 7) is 2.05. The van der Waals surface area contributed by atoms with Crippen LogP contribution in [0, 0.1) is 5.82 Å². The molecule has 2 N–H and O–H groups in total. The van der Waals surface area contributed by atoms with Crippen molar-refractivity contribution in [1.82, 2.24) is 9.55 Å². The van der Waals surface area contributed by atoms with Crippen LogP contribution in [-0.2, 0) is 6.42 Å². The second-order valence-electron chi connectivity index (χ2n) is 4.91. The van der Waals surface area contributed by atoms with Gasteiger partial charge in [0.1, 0.15) is 11.3 Å². The van der Waals surface area contributed by atoms with Gasteiger partial charge >= 0.3 is 0 Å². The Hall–Kier alpha value is -2.30. The van der Waals surface area contributed by atoms with Gasteiger partial charge in [-0.05, 0) is 37.6 Å². The highest BCUT2D eigenvalue weighted by molar-refractivity contribution is 5.79. The molecule has 0 amide bonds. The summed E-state index contributed by atoms with van der Waals surface area (Å²) in [5.74, 6) is 0.939. The number of hydrogen-bond donors (Lipinski definition) is 1. The molecule has 2 aromatic heterocycles. The van der Waals surface area contributed by atoms with Crippen LogP contribution in [0.4, 0.5) is 10.3 Å². The van der Waals surface area contributed by atoms with Crippen molar-refractivity contribution in [1.29, 1.82) is 0 Å². The number of imidazole rings is 1. The van der Waals surface area contributed by atoms with E-state index in [-0.39, 0.29) is 11.9 Å². The van der Waals surface area contributed by atoms with Crippen molar-refractivity contribution >= 4 is 17.0 Å². The van der Waals surface area contributed by atoms with Crippen molar-refractivity contribution in [2.24, 2.45) is 0 Å². The Morgan fingerprint density at radius 1 is 1.35 bits per heavy atom. The van der Waals surface area contributed by atoms with Gasteiger partial charge in [-0.15, -0.1) is 0 Å². The predicted octanol–water partition coefficient (Wildman–Crippen LogP) is 3.54. The lowest BCUT2D eigenvalue weighted by Gasteiger charge is -2.15. The maximum absolute atomic E-state index is 13.7. The van der Waals surface area contributed by atoms with Gasteiger partial charge in [0.25, 0.3) is 0 Å². The van der Waals surface area contributed by atoms with Gasteiger partial charge in [0.05, 0.1) is 11.8 Å². The van der Waals surface area contributed by atoms with Crippen LogP contribution in [0.3, 0.4) is 0 Å². The summed E-state index contributed by atoms with van der Waals surface area (Å²) >= 11 is 0. The van der Waals surface area contributed by atoms with E-state index in [2.05, 4.69) is 4.98 Å². The van der Waals surface area contributed by atoms with E-state index in [1.54, 1.807) is 12.3 Å². The Balaban J connectivity index is 1.89. The highest BCUT2D eigenvalue weighted by Gasteiger charge is 2.16. The number of furan rings is 1. The molecule has 0 radical (unpaired) electrons. The first-order chi connectivity index (χ1) is 9.66. The molecule has 0 spiro atoms. The van der Waals surface area contributed by atoms with Gasteiger partial charge in [0.2, 0.25) is 5.95 Å². The fourth-order valence-electron chi connectivity index (χ4n) is 2.50. The summed E-state index contributed by atoms with van der Waals surface area (Å²) in [5.41, 5.74) is 6.99. The molecular formula is C15H16FN3O. The van der Waals surface area contributed by atoms with Crippen molar-refractivity contribution in [3.05, 3.63) is 48.2 Å². The van der Waals surface area contributed by atoms with Crippen LogP contribution in [0.2, 0.25) is 0 Å². The molecule has 0 aliphatic heterocycles. The number of hydrogen-bond acceptors (Lipinski definition) is 3. The van der Waals surface area contributed by atoms with Crippen LogP contribution in [0.25, 0.3) is 11.0 Å². The quantitative estimate of drug-likeness (QED) is 0.791. The van der Waals surface area contributed by atoms with Gasteiger partial charge in [-0.1, -0.05) is 6.07 Å². The third-order valence-electron chi connectivity index (χ3n) is 3.53. The molecule has 1 aromatic carbocycles. The van der Waals surface area contributed by atoms with E-state index in [4.69, 9.17) is 10.2 Å². The van der Waals surface area contributed by atoms with E-state index in [1.807, 2.05) is 29.7 Å². The number of aromatic nitrogens is 2. The number of nitrogens with two attached hydrogens (primary N) is 1. The van der Waals surface area contributed by atoms with Crippen LogP contribution in [-0.4, -0.2) is 9.55 Å². The number of rotatable bonds is 4. The molecule has 5 heteroatoms. The van der Waals surface area contributed by atoms with Crippen LogP contribution >= 0.6 is 0 Å². The largest absolute Gasteiger partial charge is 0.469 e. The number of nitrogens with zero attached hydrogens (tertiary/aromatic N) is 2. The fourth-order valence-corrected chi connectivity index (χ4v) is 2.50. The summed E-state index contributed by atoms with van der Waals surface area (Å²) in [7, 11) is 0. The first-order valence-electron chi connectivity index (χ1n) is 6.61. The van der Waals surface area contributed by atoms with Gasteiger partial charge < -0.3 is 14.7 Å². The third-order valence-corrected chi connectivity index (χ3v) is 3.53. The maximum atomic E-state index is 13.7. The normalized spacial score (nSPS) is 12.9. The van der Waals surface area contributed by atoms with Gasteiger partial charge in [-0.3, -0.25) is 0 Å². The average Bonchev–Trinajstić information content (AvgIpc) is 3.04. The molecule has 2 heterocycles. The molecule has 1 atom stereocenters. The molecule has 0 saturated carbocycles. The Morgan fingerprint density at radius 2 is 2.20 bits per heavy atom. The molecule has 0 bridgehead atoms. The highest BCUT2D eigenvalue weighted by atomic mass is 19.1. The highest BCUT2D eigenvalue weighted by Crippen LogP contribution is 2.26. The second kappa shape index (κ2) is 5.00. The molecule has 3 aromatic rings. The number of benzene rings is 1. The fraction of sp³-hybridized carbons (Fsp3) is 0.267. The van der Waals surface area contributed by atoms with E-state index in [9.17, 15) is 4.39 Å². The summed E-state index contributed by atoms with van der Waals surface area (Å²) in [6.07, 6.45) is 3.32. The number of fused-ring (bicyclic) bond motifs is 1. The van der Waals surface area contributed by atoms with E-state index in [0.717, 1.165) is 24.1 Å². The van der Waals surface area contributed by atoms with Crippen molar-refractivity contribution in [2.45, 2.75) is 25.8 Å². The third kappa shape index (κ3) is 2.15. The van der Waals surface area contributed by atoms with E-state index in [1.165, 1.54) is 6.07 Å². The second-order valence-corrected chi connectivity index (χ2v) is 4.91. The number of nitrogen functional groups attached to an aromatic ring is 1. The molecule has 0 aliphatic carbocycles. The number of aryl methyl sites for hydroxylation is 1. The Bertz CT molecular complexity index is 718. The minimum atomic E-state index is -0.341. The first-order valence-corrected chi connectivity index (χ1v) is 6.61. The lowest BCUT2D eigenvalue weighted by Crippen LogP contribution is -2.09. The Labute approximate surface area is 116 Å². The van der Waals surface area contributed by atoms with E-state index >= 15 is 0 Å². The molecular weight excluding hydrogens is 257 g/mol. The summed E-state index contributed by atoms with van der Waals surface area (Å²) in [4.78, 5) is 4.12. The van der Waals surface area contributed by atoms with Gasteiger partial charge in [-0.2, -0.15) is 0 Å². The SMILES string of the molecule is CC(CCc1ccco1)n1c(N)nc2c(F)cccc21. The lowest BCUT2D eigenvalue weighted by atomic mass is 10.1. The van der Waals surface area contributed by atoms with Gasteiger partial charge in [0, 0.05) is 12.5 Å². The predicted molar refractivity (Wildman–Crippen MR) is 75.8 cm³/mol. The van der Waals surface area contributed by atoms with Crippen molar-refractivity contribution in [3.63, 3.8) is 0 Å². The zero-order valence-corrected chi connectivity index (χ0v) is 11.2. The summed E-state index contributed by atoms with van der Waals surface area (Å²) in [5, 5.41) is 0. The Kier molecular flexibility index (Phi) is 3.18. The molecule has 0 aliphatic rings. The molecule has 1 unspecified atom stereocenters. The zero-order chi connectivity index (χ0) is 14.1. The van der Waals surface area contributed by atoms with Gasteiger partial charge in [0.15, 0.2) is 5.82 Å². The average molecular weight is 273 g/mol. The van der Waals surface area contributed by atoms with Crippen molar-refractivity contribution in [2.75, 3.05) is 5.73 Å². The zero-order valence-electron chi connectivity index (χ0n) is 11.2. The van der Waals surface area contributed by atoms with Crippen LogP contribution < -0.4 is 5.73 Å². The van der Waals surface area contributed by atoms with E-state index < -0.39 is 0 Å². The minimum Gasteiger partial charge on any atom is -0.469 e. The van der Waals surface area contributed by atoms with Crippen LogP contribution in [0.1, 0.15) is 25.1 Å². The van der Waals surface area contributed by atoms with Crippen LogP contribution in [0.5, 0.6) is 0 Å². The smallest absolute Gasteiger partial charge is 0.201 e. The summed E-state index contributed by atoms with van der Waals surface area (Å²) in [6, 6.07) is 8.84. The molecule has 0 saturated heterocycles. The molecule has 0 fully saturated rings. The lowest BCUT2D eigenvalue weighted by molar-refractivity contribution is 0.460. The first kappa shape index (κ1) is 12.7. The van der Waals surface area contributed by atoms with Gasteiger partial charge in [-0.25, -0.2) is 9.37 Å². The standard InChI is InChI=1S/C15H16FN3O/c1-10(7-8-11-4-3-9-20-11)19-13-6-2-5-12(16)14(13)18-15(19)17/h2-6,9-10H,7-8H2,1H3,(H2,17,18). The van der Waals surface area contributed by atoms with E-state index in [0.29, 0.717) is 11.5 Å². The van der Waals surface area contributed by atoms with Crippen molar-refractivity contribution < 1.29 is 8.81 Å². The number of anilines is 1. The number of halogens is 1. The van der Waals surface area contributed by atoms with Crippen LogP contribution in [0.15, 0.2) is 41.0 Å². The molecule has 20 heavy (non-hydrogen) atoms. The molecule has 4 nitrogen and oxygen atoms in total. The molecule has 104 valence electrons. The minimum absolute atomic E-state index is 0.117. The topological polar surface area (TPSA) is 57.0 Å². The van der Waals surface area contributed by atoms with Crippen molar-refractivity contribution in [3.8, 4) is 0 Å². The summed E-state index contributed by atoms with van der Waals surface area (Å²) < 4.78 is 20.9. The Morgan fingerprint density at radius 3 is 2.95 bits per heavy atom. The maximum Gasteiger partial charge on any atom is 0.201 e. The monoisotopic (exact) mass is 273 g/mol. The number of para-hydroxylation sites is 1. The molecule has 3 rings (SSSR count).